The van der Waals surface area contributed by atoms with Gasteiger partial charge in [-0.2, -0.15) is 0 Å². The van der Waals surface area contributed by atoms with Crippen LogP contribution >= 0.6 is 0 Å². The van der Waals surface area contributed by atoms with E-state index < -0.39 is 0 Å². The van der Waals surface area contributed by atoms with Crippen LogP contribution in [0.5, 0.6) is 0 Å². The Balaban J connectivity index is 1.95. The number of rotatable bonds is 11. The molecule has 0 aromatic carbocycles. The van der Waals surface area contributed by atoms with Gasteiger partial charge in [0.2, 0.25) is 0 Å². The van der Waals surface area contributed by atoms with E-state index in [1.807, 2.05) is 0 Å². The number of hydrogen-bond donors (Lipinski definition) is 1. The fraction of sp³-hybridized carbons (Fsp3) is 1.00. The molecule has 0 aliphatic heterocycles. The molecule has 0 aromatic heterocycles. The highest BCUT2D eigenvalue weighted by Crippen LogP contribution is 2.26. The van der Waals surface area contributed by atoms with Gasteiger partial charge >= 0.3 is 0 Å². The summed E-state index contributed by atoms with van der Waals surface area (Å²) in [6.45, 7) is 5.35. The van der Waals surface area contributed by atoms with E-state index in [9.17, 15) is 0 Å². The fourth-order valence-electron chi connectivity index (χ4n) is 1.83. The molecule has 0 aromatic rings. The standard InChI is InChI=1S/C12H26N2O2/c1-15-10-11-16-9-3-8-14(7-2-6-13)12-4-5-12/h12H,2-11,13H2,1H3. The van der Waals surface area contributed by atoms with Crippen molar-refractivity contribution < 1.29 is 9.47 Å². The van der Waals surface area contributed by atoms with E-state index in [-0.39, 0.29) is 0 Å². The lowest BCUT2D eigenvalue weighted by molar-refractivity contribution is 0.0648. The van der Waals surface area contributed by atoms with Crippen molar-refractivity contribution in [3.05, 3.63) is 0 Å². The largest absolute Gasteiger partial charge is 0.382 e. The summed E-state index contributed by atoms with van der Waals surface area (Å²) in [6, 6.07) is 0.838. The minimum atomic E-state index is 0.694. The Morgan fingerprint density at radius 2 is 1.88 bits per heavy atom. The molecule has 1 fully saturated rings. The van der Waals surface area contributed by atoms with E-state index >= 15 is 0 Å². The SMILES string of the molecule is COCCOCCCN(CCCN)C1CC1. The topological polar surface area (TPSA) is 47.7 Å². The molecular weight excluding hydrogens is 204 g/mol. The van der Waals surface area contributed by atoms with Crippen LogP contribution in [0.2, 0.25) is 0 Å². The molecule has 1 aliphatic rings. The van der Waals surface area contributed by atoms with Crippen LogP contribution in [-0.2, 0) is 9.47 Å². The minimum absolute atomic E-state index is 0.694. The summed E-state index contributed by atoms with van der Waals surface area (Å²) in [5, 5.41) is 0. The lowest BCUT2D eigenvalue weighted by atomic mass is 10.3. The molecule has 4 heteroatoms. The van der Waals surface area contributed by atoms with Crippen LogP contribution in [0.3, 0.4) is 0 Å². The Bertz CT molecular complexity index is 163. The van der Waals surface area contributed by atoms with Gasteiger partial charge in [0, 0.05) is 26.3 Å². The highest BCUT2D eigenvalue weighted by molar-refractivity contribution is 4.84. The van der Waals surface area contributed by atoms with E-state index in [2.05, 4.69) is 4.90 Å². The van der Waals surface area contributed by atoms with Crippen molar-refractivity contribution in [2.45, 2.75) is 31.7 Å². The van der Waals surface area contributed by atoms with Crippen molar-refractivity contribution >= 4 is 0 Å². The number of methoxy groups -OCH3 is 1. The van der Waals surface area contributed by atoms with Gasteiger partial charge < -0.3 is 20.1 Å². The van der Waals surface area contributed by atoms with E-state index in [0.29, 0.717) is 13.2 Å². The van der Waals surface area contributed by atoms with Crippen LogP contribution in [0.1, 0.15) is 25.7 Å². The van der Waals surface area contributed by atoms with Crippen LogP contribution in [0.15, 0.2) is 0 Å². The Morgan fingerprint density at radius 1 is 1.12 bits per heavy atom. The second-order valence-corrected chi connectivity index (χ2v) is 4.37. The van der Waals surface area contributed by atoms with Crippen LogP contribution in [0, 0.1) is 0 Å². The third kappa shape index (κ3) is 6.43. The number of nitrogens with two attached hydrogens (primary N) is 1. The van der Waals surface area contributed by atoms with E-state index in [1.54, 1.807) is 7.11 Å². The Hall–Kier alpha value is -0.160. The van der Waals surface area contributed by atoms with Gasteiger partial charge in [-0.25, -0.2) is 0 Å². The Morgan fingerprint density at radius 3 is 2.50 bits per heavy atom. The second-order valence-electron chi connectivity index (χ2n) is 4.37. The van der Waals surface area contributed by atoms with Gasteiger partial charge in [0.15, 0.2) is 0 Å². The average molecular weight is 230 g/mol. The summed E-state index contributed by atoms with van der Waals surface area (Å²) < 4.78 is 10.4. The first-order chi connectivity index (χ1) is 7.88. The van der Waals surface area contributed by atoms with Crippen molar-refractivity contribution in [2.75, 3.05) is 46.6 Å². The smallest absolute Gasteiger partial charge is 0.0700 e. The van der Waals surface area contributed by atoms with Gasteiger partial charge in [0.25, 0.3) is 0 Å². The highest BCUT2D eigenvalue weighted by Gasteiger charge is 2.27. The summed E-state index contributed by atoms with van der Waals surface area (Å²) in [7, 11) is 1.70. The maximum absolute atomic E-state index is 5.54. The first-order valence-corrected chi connectivity index (χ1v) is 6.39. The average Bonchev–Trinajstić information content (AvgIpc) is 3.11. The summed E-state index contributed by atoms with van der Waals surface area (Å²) in [6.07, 6.45) is 4.97. The maximum atomic E-state index is 5.54. The monoisotopic (exact) mass is 230 g/mol. The molecule has 0 spiro atoms. The van der Waals surface area contributed by atoms with Crippen molar-refractivity contribution in [3.63, 3.8) is 0 Å². The molecule has 1 saturated carbocycles. The zero-order valence-electron chi connectivity index (χ0n) is 10.5. The third-order valence-electron chi connectivity index (χ3n) is 2.88. The lowest BCUT2D eigenvalue weighted by Gasteiger charge is -2.21. The summed E-state index contributed by atoms with van der Waals surface area (Å²) in [4.78, 5) is 2.56. The molecule has 96 valence electrons. The molecule has 16 heavy (non-hydrogen) atoms. The van der Waals surface area contributed by atoms with E-state index in [0.717, 1.165) is 45.1 Å². The summed E-state index contributed by atoms with van der Waals surface area (Å²) in [5.74, 6) is 0. The van der Waals surface area contributed by atoms with Crippen molar-refractivity contribution in [1.82, 2.24) is 4.90 Å². The zero-order chi connectivity index (χ0) is 11.6. The van der Waals surface area contributed by atoms with Crippen LogP contribution in [-0.4, -0.2) is 57.5 Å². The quantitative estimate of drug-likeness (QED) is 0.535. The highest BCUT2D eigenvalue weighted by atomic mass is 16.5. The predicted molar refractivity (Wildman–Crippen MR) is 65.6 cm³/mol. The van der Waals surface area contributed by atoms with E-state index in [4.69, 9.17) is 15.2 Å². The van der Waals surface area contributed by atoms with Crippen LogP contribution < -0.4 is 5.73 Å². The van der Waals surface area contributed by atoms with Gasteiger partial charge in [0.1, 0.15) is 0 Å². The first-order valence-electron chi connectivity index (χ1n) is 6.39. The molecular formula is C12H26N2O2. The summed E-state index contributed by atoms with van der Waals surface area (Å²) in [5.41, 5.74) is 5.54. The molecule has 0 unspecified atom stereocenters. The molecule has 4 nitrogen and oxygen atoms in total. The molecule has 0 saturated heterocycles. The second kappa shape index (κ2) is 8.93. The van der Waals surface area contributed by atoms with E-state index in [1.165, 1.54) is 12.8 Å². The molecule has 0 amide bonds. The van der Waals surface area contributed by atoms with Crippen LogP contribution in [0.4, 0.5) is 0 Å². The van der Waals surface area contributed by atoms with Gasteiger partial charge in [-0.05, 0) is 38.8 Å². The molecule has 1 rings (SSSR count). The van der Waals surface area contributed by atoms with Crippen molar-refractivity contribution in [2.24, 2.45) is 5.73 Å². The van der Waals surface area contributed by atoms with Crippen LogP contribution in [0.25, 0.3) is 0 Å². The van der Waals surface area contributed by atoms with Gasteiger partial charge in [-0.15, -0.1) is 0 Å². The summed E-state index contributed by atoms with van der Waals surface area (Å²) >= 11 is 0. The number of nitrogens with zero attached hydrogens (tertiary/aromatic N) is 1. The van der Waals surface area contributed by atoms with Gasteiger partial charge in [-0.3, -0.25) is 0 Å². The normalized spacial score (nSPS) is 15.9. The Kier molecular flexibility index (Phi) is 7.76. The van der Waals surface area contributed by atoms with Crippen molar-refractivity contribution in [3.8, 4) is 0 Å². The molecule has 2 N–H and O–H groups in total. The van der Waals surface area contributed by atoms with Crippen molar-refractivity contribution in [1.29, 1.82) is 0 Å². The molecule has 0 bridgehead atoms. The zero-order valence-corrected chi connectivity index (χ0v) is 10.5. The molecule has 0 radical (unpaired) electrons. The molecule has 1 aliphatic carbocycles. The first kappa shape index (κ1) is 13.9. The third-order valence-corrected chi connectivity index (χ3v) is 2.88. The number of ether oxygens (including phenoxy) is 2. The lowest BCUT2D eigenvalue weighted by Crippen LogP contribution is -2.30. The van der Waals surface area contributed by atoms with Gasteiger partial charge in [0.05, 0.1) is 13.2 Å². The molecule has 0 heterocycles. The maximum Gasteiger partial charge on any atom is 0.0700 e. The predicted octanol–water partition coefficient (Wildman–Crippen LogP) is 0.853. The van der Waals surface area contributed by atoms with Gasteiger partial charge in [-0.1, -0.05) is 0 Å². The molecule has 0 atom stereocenters. The Labute approximate surface area is 99.1 Å². The minimum Gasteiger partial charge on any atom is -0.382 e. The fourth-order valence-corrected chi connectivity index (χ4v) is 1.83. The number of hydrogen-bond acceptors (Lipinski definition) is 4.